The number of aryl methyl sites for hydroxylation is 1. The van der Waals surface area contributed by atoms with E-state index in [4.69, 9.17) is 5.73 Å². The molecule has 0 heterocycles. The van der Waals surface area contributed by atoms with E-state index in [0.717, 1.165) is 15.6 Å². The highest BCUT2D eigenvalue weighted by molar-refractivity contribution is 9.10. The molecular weight excluding hydrogens is 230 g/mol. The van der Waals surface area contributed by atoms with Gasteiger partial charge in [-0.15, -0.1) is 0 Å². The predicted molar refractivity (Wildman–Crippen MR) is 57.5 cm³/mol. The molecule has 0 amide bonds. The molecular formula is C10H14BrNO. The van der Waals surface area contributed by atoms with Crippen molar-refractivity contribution in [1.82, 2.24) is 0 Å². The van der Waals surface area contributed by atoms with Crippen molar-refractivity contribution in [1.29, 1.82) is 0 Å². The molecule has 0 aliphatic heterocycles. The quantitative estimate of drug-likeness (QED) is 0.855. The van der Waals surface area contributed by atoms with E-state index >= 15 is 0 Å². The number of nitrogens with two attached hydrogens (primary N) is 1. The molecule has 1 aromatic carbocycles. The minimum absolute atomic E-state index is 0.443. The highest BCUT2D eigenvalue weighted by Crippen LogP contribution is 2.22. The molecule has 0 fully saturated rings. The van der Waals surface area contributed by atoms with Gasteiger partial charge in [0.1, 0.15) is 0 Å². The van der Waals surface area contributed by atoms with E-state index in [9.17, 15) is 5.11 Å². The van der Waals surface area contributed by atoms with Crippen LogP contribution in [0.5, 0.6) is 0 Å². The van der Waals surface area contributed by atoms with Gasteiger partial charge < -0.3 is 10.8 Å². The molecule has 0 radical (unpaired) electrons. The third-order valence-corrected chi connectivity index (χ3v) is 2.35. The van der Waals surface area contributed by atoms with E-state index in [-0.39, 0.29) is 0 Å². The molecule has 1 rings (SSSR count). The van der Waals surface area contributed by atoms with Gasteiger partial charge in [0.15, 0.2) is 0 Å². The molecule has 0 saturated carbocycles. The van der Waals surface area contributed by atoms with Crippen molar-refractivity contribution >= 4 is 15.9 Å². The molecule has 0 aliphatic carbocycles. The van der Waals surface area contributed by atoms with Crippen molar-refractivity contribution < 1.29 is 5.11 Å². The largest absolute Gasteiger partial charge is 0.388 e. The molecule has 0 spiro atoms. The number of aliphatic hydroxyl groups excluding tert-OH is 1. The minimum atomic E-state index is -0.443. The summed E-state index contributed by atoms with van der Waals surface area (Å²) < 4.78 is 0.999. The maximum Gasteiger partial charge on any atom is 0.0802 e. The molecule has 2 nitrogen and oxygen atoms in total. The number of benzene rings is 1. The normalized spacial score (nSPS) is 12.9. The maximum absolute atomic E-state index is 9.67. The van der Waals surface area contributed by atoms with E-state index < -0.39 is 6.10 Å². The molecule has 0 saturated heterocycles. The van der Waals surface area contributed by atoms with Crippen molar-refractivity contribution in [3.8, 4) is 0 Å². The summed E-state index contributed by atoms with van der Waals surface area (Å²) in [6.07, 6.45) is 0.164. The zero-order chi connectivity index (χ0) is 9.84. The molecule has 13 heavy (non-hydrogen) atoms. The third kappa shape index (κ3) is 3.10. The van der Waals surface area contributed by atoms with Gasteiger partial charge in [0.2, 0.25) is 0 Å². The molecule has 1 atom stereocenters. The fourth-order valence-electron chi connectivity index (χ4n) is 1.28. The molecule has 0 unspecified atom stereocenters. The molecule has 0 aliphatic rings. The second kappa shape index (κ2) is 4.74. The summed E-state index contributed by atoms with van der Waals surface area (Å²) in [5, 5.41) is 9.67. The highest BCUT2D eigenvalue weighted by Gasteiger charge is 2.06. The van der Waals surface area contributed by atoms with Gasteiger partial charge in [0, 0.05) is 4.47 Å². The van der Waals surface area contributed by atoms with Gasteiger partial charge in [-0.25, -0.2) is 0 Å². The van der Waals surface area contributed by atoms with Crippen LogP contribution in [0.2, 0.25) is 0 Å². The SMILES string of the molecule is Cc1cc(Br)cc([C@H](O)CCN)c1. The van der Waals surface area contributed by atoms with Crippen LogP contribution in [0.3, 0.4) is 0 Å². The Morgan fingerprint density at radius 2 is 2.15 bits per heavy atom. The Labute approximate surface area is 86.9 Å². The van der Waals surface area contributed by atoms with Gasteiger partial charge in [-0.3, -0.25) is 0 Å². The molecule has 3 N–H and O–H groups in total. The van der Waals surface area contributed by atoms with Crippen LogP contribution in [-0.4, -0.2) is 11.7 Å². The van der Waals surface area contributed by atoms with Crippen molar-refractivity contribution in [2.45, 2.75) is 19.4 Å². The number of hydrogen-bond acceptors (Lipinski definition) is 2. The predicted octanol–water partition coefficient (Wildman–Crippen LogP) is 2.14. The first-order chi connectivity index (χ1) is 6.13. The minimum Gasteiger partial charge on any atom is -0.388 e. The van der Waals surface area contributed by atoms with Gasteiger partial charge in [-0.05, 0) is 43.1 Å². The molecule has 0 aromatic heterocycles. The van der Waals surface area contributed by atoms with E-state index in [1.54, 1.807) is 0 Å². The topological polar surface area (TPSA) is 46.2 Å². The van der Waals surface area contributed by atoms with Crippen molar-refractivity contribution in [3.63, 3.8) is 0 Å². The average molecular weight is 244 g/mol. The first kappa shape index (κ1) is 10.7. The summed E-state index contributed by atoms with van der Waals surface area (Å²) in [6, 6.07) is 5.91. The Morgan fingerprint density at radius 1 is 1.46 bits per heavy atom. The zero-order valence-electron chi connectivity index (χ0n) is 7.63. The van der Waals surface area contributed by atoms with Crippen molar-refractivity contribution in [2.24, 2.45) is 5.73 Å². The highest BCUT2D eigenvalue weighted by atomic mass is 79.9. The Morgan fingerprint density at radius 3 is 2.69 bits per heavy atom. The fourth-order valence-corrected chi connectivity index (χ4v) is 1.91. The summed E-state index contributed by atoms with van der Waals surface area (Å²) in [4.78, 5) is 0. The van der Waals surface area contributed by atoms with Crippen LogP contribution in [-0.2, 0) is 0 Å². The van der Waals surface area contributed by atoms with Gasteiger partial charge in [0.25, 0.3) is 0 Å². The molecule has 72 valence electrons. The summed E-state index contributed by atoms with van der Waals surface area (Å²) in [7, 11) is 0. The summed E-state index contributed by atoms with van der Waals surface area (Å²) >= 11 is 3.39. The Kier molecular flexibility index (Phi) is 3.90. The summed E-state index contributed by atoms with van der Waals surface area (Å²) in [5.74, 6) is 0. The van der Waals surface area contributed by atoms with Crippen LogP contribution in [0.15, 0.2) is 22.7 Å². The fraction of sp³-hybridized carbons (Fsp3) is 0.400. The third-order valence-electron chi connectivity index (χ3n) is 1.89. The van der Waals surface area contributed by atoms with Gasteiger partial charge in [-0.1, -0.05) is 22.0 Å². The number of halogens is 1. The standard InChI is InChI=1S/C10H14BrNO/c1-7-4-8(6-9(11)5-7)10(13)2-3-12/h4-6,10,13H,2-3,12H2,1H3/t10-/m1/s1. The monoisotopic (exact) mass is 243 g/mol. The lowest BCUT2D eigenvalue weighted by atomic mass is 10.0. The van der Waals surface area contributed by atoms with E-state index in [0.29, 0.717) is 13.0 Å². The van der Waals surface area contributed by atoms with Crippen LogP contribution in [0.25, 0.3) is 0 Å². The average Bonchev–Trinajstić information content (AvgIpc) is 2.03. The zero-order valence-corrected chi connectivity index (χ0v) is 9.21. The van der Waals surface area contributed by atoms with Gasteiger partial charge >= 0.3 is 0 Å². The first-order valence-corrected chi connectivity index (χ1v) is 5.08. The maximum atomic E-state index is 9.67. The van der Waals surface area contributed by atoms with Crippen LogP contribution in [0, 0.1) is 6.92 Å². The van der Waals surface area contributed by atoms with Crippen molar-refractivity contribution in [2.75, 3.05) is 6.54 Å². The number of aliphatic hydroxyl groups is 1. The smallest absolute Gasteiger partial charge is 0.0802 e. The number of hydrogen-bond donors (Lipinski definition) is 2. The van der Waals surface area contributed by atoms with E-state index in [1.807, 2.05) is 25.1 Å². The molecule has 0 bridgehead atoms. The Hall–Kier alpha value is -0.380. The lowest BCUT2D eigenvalue weighted by Gasteiger charge is -2.10. The van der Waals surface area contributed by atoms with E-state index in [1.165, 1.54) is 0 Å². The first-order valence-electron chi connectivity index (χ1n) is 4.28. The molecule has 1 aromatic rings. The van der Waals surface area contributed by atoms with E-state index in [2.05, 4.69) is 15.9 Å². The van der Waals surface area contributed by atoms with Gasteiger partial charge in [0.05, 0.1) is 6.10 Å². The lowest BCUT2D eigenvalue weighted by Crippen LogP contribution is -2.06. The lowest BCUT2D eigenvalue weighted by molar-refractivity contribution is 0.170. The van der Waals surface area contributed by atoms with Gasteiger partial charge in [-0.2, -0.15) is 0 Å². The Balaban J connectivity index is 2.87. The van der Waals surface area contributed by atoms with Crippen LogP contribution >= 0.6 is 15.9 Å². The Bertz CT molecular complexity index is 268. The molecule has 3 heteroatoms. The van der Waals surface area contributed by atoms with Crippen LogP contribution in [0.4, 0.5) is 0 Å². The number of rotatable bonds is 3. The second-order valence-electron chi connectivity index (χ2n) is 3.16. The second-order valence-corrected chi connectivity index (χ2v) is 4.07. The van der Waals surface area contributed by atoms with Crippen LogP contribution < -0.4 is 5.73 Å². The van der Waals surface area contributed by atoms with Crippen LogP contribution in [0.1, 0.15) is 23.7 Å². The summed E-state index contributed by atoms with van der Waals surface area (Å²) in [5.41, 5.74) is 7.44. The van der Waals surface area contributed by atoms with Crippen molar-refractivity contribution in [3.05, 3.63) is 33.8 Å². The summed E-state index contributed by atoms with van der Waals surface area (Å²) in [6.45, 7) is 2.51.